The Labute approximate surface area is 287 Å². The molecule has 1 atom stereocenters. The molecule has 0 saturated heterocycles. The largest absolute Gasteiger partial charge is 0.497 e. The first-order valence-electron chi connectivity index (χ1n) is 14.9. The van der Waals surface area contributed by atoms with Crippen LogP contribution in [0.3, 0.4) is 0 Å². The second kappa shape index (κ2) is 12.8. The van der Waals surface area contributed by atoms with E-state index in [0.717, 1.165) is 55.7 Å². The lowest BCUT2D eigenvalue weighted by atomic mass is 9.83. The van der Waals surface area contributed by atoms with Crippen LogP contribution in [0.25, 0.3) is 11.8 Å². The van der Waals surface area contributed by atoms with E-state index in [9.17, 15) is 14.9 Å². The smallest absolute Gasteiger partial charge is 0.271 e. The van der Waals surface area contributed by atoms with Crippen LogP contribution in [0.1, 0.15) is 40.3 Å². The molecule has 9 nitrogen and oxygen atoms in total. The summed E-state index contributed by atoms with van der Waals surface area (Å²) in [5, 5.41) is 11.0. The minimum atomic E-state index is -0.432. The number of nitro benzene ring substituents is 1. The number of halogens is 1. The average molecular weight is 758 g/mol. The zero-order valence-corrected chi connectivity index (χ0v) is 28.4. The molecule has 0 unspecified atom stereocenters. The van der Waals surface area contributed by atoms with Gasteiger partial charge in [0.05, 0.1) is 39.0 Å². The van der Waals surface area contributed by atoms with Gasteiger partial charge in [0.1, 0.15) is 12.4 Å². The van der Waals surface area contributed by atoms with Crippen LogP contribution in [0.2, 0.25) is 0 Å². The number of aromatic nitrogens is 1. The molecule has 47 heavy (non-hydrogen) atoms. The molecule has 7 rings (SSSR count). The van der Waals surface area contributed by atoms with Crippen molar-refractivity contribution in [3.8, 4) is 17.2 Å². The van der Waals surface area contributed by atoms with E-state index in [1.54, 1.807) is 26.4 Å². The molecule has 2 aliphatic rings. The Bertz CT molecular complexity index is 2260. The highest BCUT2D eigenvalue weighted by Crippen LogP contribution is 2.42. The standard InChI is InChI=1S/C36H28IN3O6S/c1-44-26-8-5-7-24(19-26)33-28-15-12-23-6-3-4-9-27(23)32(28)38-36-39(33)35(41)31(47-36)18-22-16-29(37)34(30(17-22)45-2)46-20-21-10-13-25(14-11-21)40(42)43/h3-11,13-14,16-19,33H,12,15,20H2,1-2H3/b31-18+/t33-/m1/s1. The molecule has 0 fully saturated rings. The molecule has 1 aliphatic carbocycles. The summed E-state index contributed by atoms with van der Waals surface area (Å²) in [6.45, 7) is 0.209. The fourth-order valence-electron chi connectivity index (χ4n) is 6.12. The lowest BCUT2D eigenvalue weighted by molar-refractivity contribution is -0.384. The Hall–Kier alpha value is -4.75. The molecule has 0 saturated carbocycles. The second-order valence-electron chi connectivity index (χ2n) is 11.1. The van der Waals surface area contributed by atoms with Crippen LogP contribution >= 0.6 is 33.9 Å². The number of aryl methyl sites for hydroxylation is 1. The zero-order chi connectivity index (χ0) is 32.7. The summed E-state index contributed by atoms with van der Waals surface area (Å²) in [5.74, 6) is 1.80. The number of allylic oxidation sites excluding steroid dienone is 1. The predicted octanol–water partition coefficient (Wildman–Crippen LogP) is 6.43. The molecule has 0 bridgehead atoms. The topological polar surface area (TPSA) is 105 Å². The number of benzene rings is 4. The first-order chi connectivity index (χ1) is 22.8. The van der Waals surface area contributed by atoms with E-state index < -0.39 is 4.92 Å². The number of thiazole rings is 1. The molecule has 4 aromatic carbocycles. The van der Waals surface area contributed by atoms with Crippen molar-refractivity contribution in [3.63, 3.8) is 0 Å². The monoisotopic (exact) mass is 757 g/mol. The van der Waals surface area contributed by atoms with E-state index in [1.807, 2.05) is 53.1 Å². The Morgan fingerprint density at radius 1 is 1.02 bits per heavy atom. The van der Waals surface area contributed by atoms with Crippen molar-refractivity contribution in [2.24, 2.45) is 4.99 Å². The lowest BCUT2D eigenvalue weighted by Gasteiger charge is -2.31. The minimum absolute atomic E-state index is 0.0235. The quantitative estimate of drug-likeness (QED) is 0.103. The second-order valence-corrected chi connectivity index (χ2v) is 13.3. The summed E-state index contributed by atoms with van der Waals surface area (Å²) in [4.78, 5) is 30.6. The fourth-order valence-corrected chi connectivity index (χ4v) is 7.90. The highest BCUT2D eigenvalue weighted by atomic mass is 127. The van der Waals surface area contributed by atoms with E-state index >= 15 is 0 Å². The fraction of sp³-hybridized carbons (Fsp3) is 0.167. The maximum Gasteiger partial charge on any atom is 0.271 e. The molecule has 0 amide bonds. The summed E-state index contributed by atoms with van der Waals surface area (Å²) in [7, 11) is 3.21. The summed E-state index contributed by atoms with van der Waals surface area (Å²) < 4.78 is 20.5. The number of fused-ring (bicyclic) bond motifs is 3. The predicted molar refractivity (Wildman–Crippen MR) is 189 cm³/mol. The number of ether oxygens (including phenoxy) is 3. The molecule has 0 radical (unpaired) electrons. The number of hydrogen-bond donors (Lipinski definition) is 0. The number of methoxy groups -OCH3 is 2. The van der Waals surface area contributed by atoms with Gasteiger partial charge in [-0.05, 0) is 106 Å². The van der Waals surface area contributed by atoms with E-state index in [4.69, 9.17) is 19.2 Å². The van der Waals surface area contributed by atoms with Gasteiger partial charge in [-0.25, -0.2) is 4.99 Å². The summed E-state index contributed by atoms with van der Waals surface area (Å²) in [6, 6.07) is 26.0. The van der Waals surface area contributed by atoms with Crippen LogP contribution in [0.15, 0.2) is 100 Å². The molecule has 236 valence electrons. The molecule has 11 heteroatoms. The summed E-state index contributed by atoms with van der Waals surface area (Å²) in [5.41, 5.74) is 6.90. The van der Waals surface area contributed by atoms with Gasteiger partial charge >= 0.3 is 0 Å². The maximum atomic E-state index is 14.2. The lowest BCUT2D eigenvalue weighted by Crippen LogP contribution is -2.38. The van der Waals surface area contributed by atoms with E-state index in [2.05, 4.69) is 40.8 Å². The van der Waals surface area contributed by atoms with Crippen molar-refractivity contribution < 1.29 is 19.1 Å². The van der Waals surface area contributed by atoms with Gasteiger partial charge in [0.15, 0.2) is 16.3 Å². The normalized spacial score (nSPS) is 15.3. The Kier molecular flexibility index (Phi) is 8.41. The van der Waals surface area contributed by atoms with Gasteiger partial charge in [-0.3, -0.25) is 19.5 Å². The van der Waals surface area contributed by atoms with E-state index in [-0.39, 0.29) is 23.9 Å². The van der Waals surface area contributed by atoms with Crippen molar-refractivity contribution in [1.82, 2.24) is 4.57 Å². The molecule has 0 spiro atoms. The number of nitrogens with zero attached hydrogens (tertiary/aromatic N) is 3. The van der Waals surface area contributed by atoms with Gasteiger partial charge in [0.2, 0.25) is 0 Å². The number of non-ortho nitro benzene ring substituents is 1. The van der Waals surface area contributed by atoms with Crippen molar-refractivity contribution in [3.05, 3.63) is 152 Å². The summed E-state index contributed by atoms with van der Waals surface area (Å²) >= 11 is 3.56. The van der Waals surface area contributed by atoms with Crippen LogP contribution in [0, 0.1) is 13.7 Å². The van der Waals surface area contributed by atoms with Crippen LogP contribution in [0.5, 0.6) is 17.2 Å². The minimum Gasteiger partial charge on any atom is -0.497 e. The molecular formula is C36H28IN3O6S. The molecule has 1 aromatic heterocycles. The zero-order valence-electron chi connectivity index (χ0n) is 25.4. The molecule has 2 heterocycles. The molecule has 5 aromatic rings. The third kappa shape index (κ3) is 5.85. The van der Waals surface area contributed by atoms with E-state index in [0.29, 0.717) is 20.8 Å². The molecule has 1 aliphatic heterocycles. The van der Waals surface area contributed by atoms with Gasteiger partial charge in [0.25, 0.3) is 11.2 Å². The third-order valence-corrected chi connectivity index (χ3v) is 10.1. The Morgan fingerprint density at radius 2 is 1.83 bits per heavy atom. The molecular weight excluding hydrogens is 729 g/mol. The van der Waals surface area contributed by atoms with Gasteiger partial charge < -0.3 is 14.2 Å². The van der Waals surface area contributed by atoms with Crippen LogP contribution in [-0.4, -0.2) is 23.7 Å². The number of nitro groups is 1. The third-order valence-electron chi connectivity index (χ3n) is 8.36. The van der Waals surface area contributed by atoms with Gasteiger partial charge in [0, 0.05) is 17.7 Å². The van der Waals surface area contributed by atoms with Gasteiger partial charge in [-0.15, -0.1) is 0 Å². The maximum absolute atomic E-state index is 14.2. The van der Waals surface area contributed by atoms with E-state index in [1.165, 1.54) is 29.0 Å². The van der Waals surface area contributed by atoms with Gasteiger partial charge in [-0.1, -0.05) is 47.7 Å². The average Bonchev–Trinajstić information content (AvgIpc) is 3.40. The van der Waals surface area contributed by atoms with Crippen LogP contribution in [0.4, 0.5) is 5.69 Å². The van der Waals surface area contributed by atoms with Crippen LogP contribution in [-0.2, 0) is 13.0 Å². The molecule has 0 N–H and O–H groups in total. The Balaban J connectivity index is 1.29. The van der Waals surface area contributed by atoms with Crippen molar-refractivity contribution in [2.45, 2.75) is 25.5 Å². The Morgan fingerprint density at radius 3 is 2.60 bits per heavy atom. The van der Waals surface area contributed by atoms with Crippen LogP contribution < -0.4 is 29.1 Å². The van der Waals surface area contributed by atoms with Gasteiger partial charge in [-0.2, -0.15) is 0 Å². The first-order valence-corrected chi connectivity index (χ1v) is 16.7. The highest BCUT2D eigenvalue weighted by Gasteiger charge is 2.32. The summed E-state index contributed by atoms with van der Waals surface area (Å²) in [6.07, 6.45) is 3.55. The number of rotatable bonds is 8. The van der Waals surface area contributed by atoms with Crippen molar-refractivity contribution >= 4 is 51.4 Å². The SMILES string of the molecule is COc1cccc([C@@H]2C3=C(N=c4s/c(=C/c5cc(I)c(OCc6ccc([N+](=O)[O-])cc6)c(OC)c5)c(=O)n42)c2ccccc2CC3)c1. The van der Waals surface area contributed by atoms with Crippen molar-refractivity contribution in [1.29, 1.82) is 0 Å². The van der Waals surface area contributed by atoms with Crippen molar-refractivity contribution in [2.75, 3.05) is 14.2 Å². The highest BCUT2D eigenvalue weighted by molar-refractivity contribution is 14.1. The first kappa shape index (κ1) is 30.9. The number of hydrogen-bond acceptors (Lipinski definition) is 8.